The Labute approximate surface area is 98.7 Å². The van der Waals surface area contributed by atoms with Gasteiger partial charge in [-0.05, 0) is 25.1 Å². The second-order valence-electron chi connectivity index (χ2n) is 3.70. The number of aryl methyl sites for hydroxylation is 1. The van der Waals surface area contributed by atoms with Crippen molar-refractivity contribution in [1.29, 1.82) is 0 Å². The van der Waals surface area contributed by atoms with Crippen molar-refractivity contribution in [2.75, 3.05) is 0 Å². The summed E-state index contributed by atoms with van der Waals surface area (Å²) in [5, 5.41) is 0. The molecule has 0 aromatic carbocycles. The van der Waals surface area contributed by atoms with Gasteiger partial charge in [0, 0.05) is 17.5 Å². The number of nitrogens with zero attached hydrogens (tertiary/aromatic N) is 2. The number of hydrogen-bond donors (Lipinski definition) is 2. The minimum Gasteiger partial charge on any atom is -0.271 e. The average molecular weight is 232 g/mol. The number of nitrogens with one attached hydrogen (secondary N) is 1. The highest BCUT2D eigenvalue weighted by Crippen LogP contribution is 2.21. The van der Waals surface area contributed by atoms with E-state index in [1.54, 1.807) is 12.1 Å². The van der Waals surface area contributed by atoms with Crippen LogP contribution in [0.25, 0.3) is 0 Å². The molecule has 17 heavy (non-hydrogen) atoms. The Bertz CT molecular complexity index is 515. The smallest absolute Gasteiger partial charge is 0.146 e. The maximum atomic E-state index is 13.6. The van der Waals surface area contributed by atoms with Gasteiger partial charge in [-0.25, -0.2) is 9.82 Å². The Balaban J connectivity index is 2.44. The van der Waals surface area contributed by atoms with E-state index in [1.807, 2.05) is 19.1 Å². The van der Waals surface area contributed by atoms with Crippen LogP contribution in [-0.2, 0) is 0 Å². The van der Waals surface area contributed by atoms with E-state index in [0.717, 1.165) is 11.9 Å². The zero-order chi connectivity index (χ0) is 12.3. The van der Waals surface area contributed by atoms with Crippen LogP contribution in [0.1, 0.15) is 23.0 Å². The molecule has 0 aliphatic rings. The normalized spacial score (nSPS) is 12.4. The molecule has 0 bridgehead atoms. The minimum atomic E-state index is -0.474. The molecule has 1 unspecified atom stereocenters. The molecule has 2 aromatic heterocycles. The molecule has 4 nitrogen and oxygen atoms in total. The Morgan fingerprint density at radius 2 is 2.18 bits per heavy atom. The second-order valence-corrected chi connectivity index (χ2v) is 3.70. The van der Waals surface area contributed by atoms with E-state index in [2.05, 4.69) is 15.4 Å². The Hall–Kier alpha value is -1.85. The van der Waals surface area contributed by atoms with Gasteiger partial charge in [0.05, 0.1) is 17.9 Å². The van der Waals surface area contributed by atoms with Gasteiger partial charge in [-0.1, -0.05) is 6.07 Å². The van der Waals surface area contributed by atoms with Gasteiger partial charge in [0.1, 0.15) is 5.82 Å². The van der Waals surface area contributed by atoms with Gasteiger partial charge >= 0.3 is 0 Å². The molecule has 2 aromatic rings. The fourth-order valence-electron chi connectivity index (χ4n) is 1.68. The van der Waals surface area contributed by atoms with Crippen LogP contribution in [0.2, 0.25) is 0 Å². The van der Waals surface area contributed by atoms with Gasteiger partial charge in [0.2, 0.25) is 0 Å². The van der Waals surface area contributed by atoms with Gasteiger partial charge < -0.3 is 0 Å². The van der Waals surface area contributed by atoms with E-state index in [4.69, 9.17) is 5.84 Å². The summed E-state index contributed by atoms with van der Waals surface area (Å²) in [6.07, 6.45) is 2.69. The van der Waals surface area contributed by atoms with Crippen molar-refractivity contribution in [2.45, 2.75) is 13.0 Å². The van der Waals surface area contributed by atoms with Crippen LogP contribution in [0, 0.1) is 12.7 Å². The third kappa shape index (κ3) is 2.46. The summed E-state index contributed by atoms with van der Waals surface area (Å²) in [7, 11) is 0. The van der Waals surface area contributed by atoms with Crippen LogP contribution in [0.5, 0.6) is 0 Å². The molecule has 2 rings (SSSR count). The lowest BCUT2D eigenvalue weighted by Crippen LogP contribution is -2.30. The molecule has 0 saturated heterocycles. The third-order valence-electron chi connectivity index (χ3n) is 2.49. The van der Waals surface area contributed by atoms with E-state index >= 15 is 0 Å². The lowest BCUT2D eigenvalue weighted by molar-refractivity contribution is 0.548. The molecule has 0 radical (unpaired) electrons. The fourth-order valence-corrected chi connectivity index (χ4v) is 1.68. The summed E-state index contributed by atoms with van der Waals surface area (Å²) in [5.74, 6) is 5.07. The minimum absolute atomic E-state index is 0.404. The van der Waals surface area contributed by atoms with Gasteiger partial charge in [-0.3, -0.25) is 15.8 Å². The molecule has 0 aliphatic heterocycles. The quantitative estimate of drug-likeness (QED) is 0.621. The molecule has 0 fully saturated rings. The zero-order valence-corrected chi connectivity index (χ0v) is 9.39. The predicted octanol–water partition coefficient (Wildman–Crippen LogP) is 1.48. The highest BCUT2D eigenvalue weighted by molar-refractivity contribution is 5.27. The highest BCUT2D eigenvalue weighted by Gasteiger charge is 2.17. The number of pyridine rings is 2. The molecule has 2 heterocycles. The summed E-state index contributed by atoms with van der Waals surface area (Å²) in [6, 6.07) is 6.65. The van der Waals surface area contributed by atoms with Crippen LogP contribution >= 0.6 is 0 Å². The van der Waals surface area contributed by atoms with Crippen LogP contribution in [-0.4, -0.2) is 9.97 Å². The maximum Gasteiger partial charge on any atom is 0.146 e. The maximum absolute atomic E-state index is 13.6. The van der Waals surface area contributed by atoms with E-state index in [-0.39, 0.29) is 0 Å². The van der Waals surface area contributed by atoms with E-state index in [1.165, 1.54) is 6.20 Å². The van der Waals surface area contributed by atoms with Crippen molar-refractivity contribution in [3.05, 3.63) is 59.4 Å². The standard InChI is InChI=1S/C12H13FN4/c1-8-3-2-4-11(16-8)12(17-14)9-5-6-15-7-10(9)13/h2-7,12,17H,14H2,1H3. The SMILES string of the molecule is Cc1cccc(C(NN)c2ccncc2F)n1. The molecule has 88 valence electrons. The Kier molecular flexibility index (Phi) is 3.41. The first-order valence-electron chi connectivity index (χ1n) is 5.21. The van der Waals surface area contributed by atoms with Gasteiger partial charge in [-0.2, -0.15) is 0 Å². The molecule has 0 aliphatic carbocycles. The van der Waals surface area contributed by atoms with Crippen molar-refractivity contribution < 1.29 is 4.39 Å². The van der Waals surface area contributed by atoms with E-state index < -0.39 is 11.9 Å². The molecule has 0 saturated carbocycles. The number of hydrazine groups is 1. The zero-order valence-electron chi connectivity index (χ0n) is 9.39. The first-order chi connectivity index (χ1) is 8.22. The van der Waals surface area contributed by atoms with Crippen LogP contribution in [0.15, 0.2) is 36.7 Å². The molecular weight excluding hydrogens is 219 g/mol. The van der Waals surface area contributed by atoms with Gasteiger partial charge in [0.15, 0.2) is 0 Å². The molecule has 3 N–H and O–H groups in total. The lowest BCUT2D eigenvalue weighted by atomic mass is 10.0. The van der Waals surface area contributed by atoms with Crippen LogP contribution < -0.4 is 11.3 Å². The lowest BCUT2D eigenvalue weighted by Gasteiger charge is -2.16. The van der Waals surface area contributed by atoms with Crippen LogP contribution in [0.3, 0.4) is 0 Å². The Morgan fingerprint density at radius 1 is 1.35 bits per heavy atom. The fraction of sp³-hybridized carbons (Fsp3) is 0.167. The second kappa shape index (κ2) is 4.99. The largest absolute Gasteiger partial charge is 0.271 e. The summed E-state index contributed by atoms with van der Waals surface area (Å²) < 4.78 is 13.6. The number of hydrogen-bond acceptors (Lipinski definition) is 4. The van der Waals surface area contributed by atoms with Gasteiger partial charge in [-0.15, -0.1) is 0 Å². The first-order valence-corrected chi connectivity index (χ1v) is 5.21. The summed E-state index contributed by atoms with van der Waals surface area (Å²) in [5.41, 5.74) is 4.54. The molecular formula is C12H13FN4. The summed E-state index contributed by atoms with van der Waals surface area (Å²) in [6.45, 7) is 1.87. The van der Waals surface area contributed by atoms with Crippen molar-refractivity contribution in [3.8, 4) is 0 Å². The van der Waals surface area contributed by atoms with E-state index in [9.17, 15) is 4.39 Å². The molecule has 1 atom stereocenters. The number of nitrogens with two attached hydrogens (primary N) is 1. The number of rotatable bonds is 3. The molecule has 0 spiro atoms. The van der Waals surface area contributed by atoms with Crippen molar-refractivity contribution in [3.63, 3.8) is 0 Å². The summed E-state index contributed by atoms with van der Waals surface area (Å²) >= 11 is 0. The highest BCUT2D eigenvalue weighted by atomic mass is 19.1. The topological polar surface area (TPSA) is 63.8 Å². The van der Waals surface area contributed by atoms with Crippen molar-refractivity contribution in [1.82, 2.24) is 15.4 Å². The average Bonchev–Trinajstić information content (AvgIpc) is 2.33. The first kappa shape index (κ1) is 11.6. The molecule has 0 amide bonds. The molecule has 5 heteroatoms. The summed E-state index contributed by atoms with van der Waals surface area (Å²) in [4.78, 5) is 8.04. The number of halogens is 1. The Morgan fingerprint density at radius 3 is 2.82 bits per heavy atom. The third-order valence-corrected chi connectivity index (χ3v) is 2.49. The number of aromatic nitrogens is 2. The van der Waals surface area contributed by atoms with E-state index in [0.29, 0.717) is 11.3 Å². The van der Waals surface area contributed by atoms with Crippen LogP contribution in [0.4, 0.5) is 4.39 Å². The monoisotopic (exact) mass is 232 g/mol. The van der Waals surface area contributed by atoms with Crippen molar-refractivity contribution in [2.24, 2.45) is 5.84 Å². The van der Waals surface area contributed by atoms with Crippen molar-refractivity contribution >= 4 is 0 Å². The predicted molar refractivity (Wildman–Crippen MR) is 62.3 cm³/mol. The van der Waals surface area contributed by atoms with Gasteiger partial charge in [0.25, 0.3) is 0 Å².